The van der Waals surface area contributed by atoms with Gasteiger partial charge in [0.2, 0.25) is 0 Å². The van der Waals surface area contributed by atoms with Gasteiger partial charge in [-0.15, -0.1) is 11.3 Å². The molecule has 1 aromatic heterocycles. The molecule has 1 N–H and O–H groups in total. The molecular formula is C17H29NOS. The molecule has 1 aliphatic rings. The first-order chi connectivity index (χ1) is 9.66. The van der Waals surface area contributed by atoms with Crippen molar-refractivity contribution < 1.29 is 4.74 Å². The van der Waals surface area contributed by atoms with Crippen LogP contribution in [-0.4, -0.2) is 19.3 Å². The summed E-state index contributed by atoms with van der Waals surface area (Å²) in [7, 11) is 0. The van der Waals surface area contributed by atoms with Crippen LogP contribution in [0.4, 0.5) is 0 Å². The van der Waals surface area contributed by atoms with Crippen LogP contribution >= 0.6 is 11.3 Å². The third kappa shape index (κ3) is 4.87. The van der Waals surface area contributed by atoms with Crippen molar-refractivity contribution in [3.63, 3.8) is 0 Å². The summed E-state index contributed by atoms with van der Waals surface area (Å²) in [5.74, 6) is 0. The molecule has 1 aliphatic carbocycles. The summed E-state index contributed by atoms with van der Waals surface area (Å²) >= 11 is 1.90. The van der Waals surface area contributed by atoms with Crippen LogP contribution < -0.4 is 5.32 Å². The van der Waals surface area contributed by atoms with Crippen LogP contribution in [0.1, 0.15) is 66.8 Å². The molecule has 0 bridgehead atoms. The van der Waals surface area contributed by atoms with E-state index in [9.17, 15) is 0 Å². The number of rotatable bonds is 7. The van der Waals surface area contributed by atoms with Crippen LogP contribution in [0.3, 0.4) is 0 Å². The van der Waals surface area contributed by atoms with Crippen molar-refractivity contribution in [1.82, 2.24) is 5.32 Å². The second-order valence-electron chi connectivity index (χ2n) is 6.03. The van der Waals surface area contributed by atoms with Crippen molar-refractivity contribution in [3.05, 3.63) is 21.4 Å². The Morgan fingerprint density at radius 2 is 2.05 bits per heavy atom. The Hall–Kier alpha value is -0.380. The highest BCUT2D eigenvalue weighted by atomic mass is 32.1. The highest BCUT2D eigenvalue weighted by molar-refractivity contribution is 7.12. The number of hydrogen-bond acceptors (Lipinski definition) is 3. The fourth-order valence-corrected chi connectivity index (χ4v) is 4.09. The van der Waals surface area contributed by atoms with Gasteiger partial charge in [-0.1, -0.05) is 19.3 Å². The maximum Gasteiger partial charge on any atom is 0.0575 e. The fourth-order valence-electron chi connectivity index (χ4n) is 3.06. The third-order valence-corrected chi connectivity index (χ3v) is 5.20. The predicted molar refractivity (Wildman–Crippen MR) is 87.7 cm³/mol. The van der Waals surface area contributed by atoms with Gasteiger partial charge < -0.3 is 10.1 Å². The summed E-state index contributed by atoms with van der Waals surface area (Å²) in [5.41, 5.74) is 1.46. The zero-order valence-corrected chi connectivity index (χ0v) is 14.0. The smallest absolute Gasteiger partial charge is 0.0575 e. The van der Waals surface area contributed by atoms with Crippen molar-refractivity contribution in [2.45, 2.75) is 71.4 Å². The molecule has 0 amide bonds. The maximum absolute atomic E-state index is 5.96. The molecular weight excluding hydrogens is 266 g/mol. The van der Waals surface area contributed by atoms with Crippen LogP contribution in [0.2, 0.25) is 0 Å². The van der Waals surface area contributed by atoms with Gasteiger partial charge in [-0.05, 0) is 58.2 Å². The minimum absolute atomic E-state index is 0.453. The highest BCUT2D eigenvalue weighted by Gasteiger charge is 2.13. The summed E-state index contributed by atoms with van der Waals surface area (Å²) in [6, 6.07) is 2.77. The van der Waals surface area contributed by atoms with Crippen LogP contribution in [0, 0.1) is 13.8 Å². The van der Waals surface area contributed by atoms with Crippen molar-refractivity contribution in [2.75, 3.05) is 13.2 Å². The molecule has 3 heteroatoms. The van der Waals surface area contributed by atoms with Gasteiger partial charge in [-0.2, -0.15) is 0 Å². The summed E-state index contributed by atoms with van der Waals surface area (Å²) in [5, 5.41) is 3.62. The molecule has 0 aromatic carbocycles. The quantitative estimate of drug-likeness (QED) is 0.733. The van der Waals surface area contributed by atoms with Crippen molar-refractivity contribution in [1.29, 1.82) is 0 Å². The molecule has 0 saturated heterocycles. The molecule has 1 unspecified atom stereocenters. The van der Waals surface area contributed by atoms with Gasteiger partial charge in [0.05, 0.1) is 6.10 Å². The zero-order chi connectivity index (χ0) is 14.4. The van der Waals surface area contributed by atoms with E-state index < -0.39 is 0 Å². The minimum atomic E-state index is 0.453. The first kappa shape index (κ1) is 16.0. The van der Waals surface area contributed by atoms with E-state index in [1.54, 1.807) is 0 Å². The average molecular weight is 295 g/mol. The Labute approximate surface area is 127 Å². The topological polar surface area (TPSA) is 21.3 Å². The molecule has 20 heavy (non-hydrogen) atoms. The predicted octanol–water partition coefficient (Wildman–Crippen LogP) is 4.75. The average Bonchev–Trinajstić information content (AvgIpc) is 2.78. The number of hydrogen-bond donors (Lipinski definition) is 1. The lowest BCUT2D eigenvalue weighted by molar-refractivity contribution is 0.0271. The molecule has 0 radical (unpaired) electrons. The number of aryl methyl sites for hydroxylation is 2. The second-order valence-corrected chi connectivity index (χ2v) is 7.49. The van der Waals surface area contributed by atoms with E-state index in [1.807, 2.05) is 11.3 Å². The van der Waals surface area contributed by atoms with E-state index in [-0.39, 0.29) is 0 Å². The Balaban J connectivity index is 1.59. The van der Waals surface area contributed by atoms with Crippen LogP contribution in [-0.2, 0) is 4.74 Å². The van der Waals surface area contributed by atoms with Gasteiger partial charge >= 0.3 is 0 Å². The fraction of sp³-hybridized carbons (Fsp3) is 0.765. The molecule has 1 saturated carbocycles. The highest BCUT2D eigenvalue weighted by Crippen LogP contribution is 2.26. The largest absolute Gasteiger partial charge is 0.378 e. The van der Waals surface area contributed by atoms with Crippen molar-refractivity contribution >= 4 is 11.3 Å². The van der Waals surface area contributed by atoms with Crippen LogP contribution in [0.5, 0.6) is 0 Å². The summed E-state index contributed by atoms with van der Waals surface area (Å²) in [4.78, 5) is 2.85. The van der Waals surface area contributed by atoms with Gasteiger partial charge in [0.25, 0.3) is 0 Å². The number of thiophene rings is 1. The standard InChI is InChI=1S/C17H29NOS/c1-13-12-17(15(3)20-13)14(2)18-10-7-11-19-16-8-5-4-6-9-16/h12,14,16,18H,4-11H2,1-3H3. The minimum Gasteiger partial charge on any atom is -0.378 e. The lowest BCUT2D eigenvalue weighted by Crippen LogP contribution is -2.23. The maximum atomic E-state index is 5.96. The molecule has 1 aromatic rings. The second kappa shape index (κ2) is 8.16. The Bertz CT molecular complexity index is 396. The third-order valence-electron chi connectivity index (χ3n) is 4.22. The van der Waals surface area contributed by atoms with Crippen LogP contribution in [0.25, 0.3) is 0 Å². The lowest BCUT2D eigenvalue weighted by atomic mass is 9.98. The Morgan fingerprint density at radius 3 is 2.70 bits per heavy atom. The van der Waals surface area contributed by atoms with E-state index in [0.29, 0.717) is 12.1 Å². The van der Waals surface area contributed by atoms with Gasteiger partial charge in [-0.3, -0.25) is 0 Å². The monoisotopic (exact) mass is 295 g/mol. The molecule has 0 aliphatic heterocycles. The van der Waals surface area contributed by atoms with Gasteiger partial charge in [0, 0.05) is 22.4 Å². The normalized spacial score (nSPS) is 18.4. The molecule has 1 heterocycles. The van der Waals surface area contributed by atoms with Gasteiger partial charge in [0.15, 0.2) is 0 Å². The van der Waals surface area contributed by atoms with Crippen molar-refractivity contribution in [3.8, 4) is 0 Å². The molecule has 1 atom stereocenters. The summed E-state index contributed by atoms with van der Waals surface area (Å²) in [6.07, 6.45) is 8.33. The molecule has 114 valence electrons. The van der Waals surface area contributed by atoms with Crippen molar-refractivity contribution in [2.24, 2.45) is 0 Å². The Morgan fingerprint density at radius 1 is 1.30 bits per heavy atom. The number of ether oxygens (including phenoxy) is 1. The van der Waals surface area contributed by atoms with Gasteiger partial charge in [0.1, 0.15) is 0 Å². The van der Waals surface area contributed by atoms with E-state index in [0.717, 1.165) is 19.6 Å². The first-order valence-corrected chi connectivity index (χ1v) is 8.90. The van der Waals surface area contributed by atoms with E-state index >= 15 is 0 Å². The zero-order valence-electron chi connectivity index (χ0n) is 13.2. The molecule has 2 nitrogen and oxygen atoms in total. The SMILES string of the molecule is Cc1cc(C(C)NCCCOC2CCCCC2)c(C)s1. The van der Waals surface area contributed by atoms with E-state index in [4.69, 9.17) is 4.74 Å². The van der Waals surface area contributed by atoms with Gasteiger partial charge in [-0.25, -0.2) is 0 Å². The lowest BCUT2D eigenvalue weighted by Gasteiger charge is -2.22. The molecule has 0 spiro atoms. The molecule has 1 fully saturated rings. The first-order valence-electron chi connectivity index (χ1n) is 8.08. The number of nitrogens with one attached hydrogen (secondary N) is 1. The van der Waals surface area contributed by atoms with Crippen LogP contribution in [0.15, 0.2) is 6.07 Å². The molecule has 2 rings (SSSR count). The van der Waals surface area contributed by atoms with E-state index in [2.05, 4.69) is 32.2 Å². The summed E-state index contributed by atoms with van der Waals surface area (Å²) in [6.45, 7) is 8.62. The summed E-state index contributed by atoms with van der Waals surface area (Å²) < 4.78 is 5.96. The van der Waals surface area contributed by atoms with E-state index in [1.165, 1.54) is 47.4 Å². The Kier molecular flexibility index (Phi) is 6.53.